The predicted molar refractivity (Wildman–Crippen MR) is 74.2 cm³/mol. The number of nitrogens with two attached hydrogens (primary N) is 1. The van der Waals surface area contributed by atoms with Crippen molar-refractivity contribution in [2.45, 2.75) is 18.6 Å². The minimum Gasteiger partial charge on any atom is -0.493 e. The van der Waals surface area contributed by atoms with Crippen molar-refractivity contribution < 1.29 is 24.2 Å². The first-order chi connectivity index (χ1) is 9.97. The second kappa shape index (κ2) is 6.01. The van der Waals surface area contributed by atoms with Crippen LogP contribution in [-0.2, 0) is 4.79 Å². The van der Waals surface area contributed by atoms with E-state index in [0.717, 1.165) is 0 Å². The normalized spacial score (nSPS) is 21.2. The van der Waals surface area contributed by atoms with Gasteiger partial charge in [0, 0.05) is 18.5 Å². The van der Waals surface area contributed by atoms with Crippen LogP contribution in [0.4, 0.5) is 0 Å². The monoisotopic (exact) mass is 294 g/mol. The predicted octanol–water partition coefficient (Wildman–Crippen LogP) is -0.236. The van der Waals surface area contributed by atoms with Crippen molar-refractivity contribution >= 4 is 11.8 Å². The first-order valence-electron chi connectivity index (χ1n) is 6.48. The van der Waals surface area contributed by atoms with Crippen molar-refractivity contribution in [1.82, 2.24) is 4.90 Å². The van der Waals surface area contributed by atoms with E-state index in [1.54, 1.807) is 12.1 Å². The summed E-state index contributed by atoms with van der Waals surface area (Å²) in [6.07, 6.45) is -0.583. The lowest BCUT2D eigenvalue weighted by molar-refractivity contribution is -0.121. The van der Waals surface area contributed by atoms with Gasteiger partial charge in [-0.05, 0) is 18.2 Å². The van der Waals surface area contributed by atoms with Gasteiger partial charge in [-0.25, -0.2) is 0 Å². The maximum absolute atomic E-state index is 12.5. The summed E-state index contributed by atoms with van der Waals surface area (Å²) in [6.45, 7) is 0.0841. The number of aliphatic hydroxyl groups is 1. The summed E-state index contributed by atoms with van der Waals surface area (Å²) in [6, 6.07) is 3.93. The van der Waals surface area contributed by atoms with Crippen LogP contribution in [0.25, 0.3) is 0 Å². The number of hydrogen-bond donors (Lipinski definition) is 2. The SMILES string of the molecule is COc1ccc(C(=O)N2C[C@H](O)CC2C(N)=O)cc1OC. The summed E-state index contributed by atoms with van der Waals surface area (Å²) >= 11 is 0. The maximum Gasteiger partial charge on any atom is 0.254 e. The second-order valence-electron chi connectivity index (χ2n) is 4.83. The highest BCUT2D eigenvalue weighted by molar-refractivity contribution is 5.98. The molecule has 1 aromatic carbocycles. The Labute approximate surface area is 122 Å². The molecular formula is C14H18N2O5. The maximum atomic E-state index is 12.5. The highest BCUT2D eigenvalue weighted by Crippen LogP contribution is 2.29. The van der Waals surface area contributed by atoms with Crippen LogP contribution < -0.4 is 15.2 Å². The van der Waals surface area contributed by atoms with Gasteiger partial charge in [-0.3, -0.25) is 9.59 Å². The van der Waals surface area contributed by atoms with E-state index < -0.39 is 18.1 Å². The molecule has 1 aliphatic rings. The van der Waals surface area contributed by atoms with Crippen LogP contribution in [0.1, 0.15) is 16.8 Å². The summed E-state index contributed by atoms with van der Waals surface area (Å²) in [5.41, 5.74) is 5.62. The van der Waals surface area contributed by atoms with Crippen LogP contribution in [0.3, 0.4) is 0 Å². The summed E-state index contributed by atoms with van der Waals surface area (Å²) < 4.78 is 10.3. The lowest BCUT2D eigenvalue weighted by Crippen LogP contribution is -2.43. The van der Waals surface area contributed by atoms with E-state index in [0.29, 0.717) is 17.1 Å². The van der Waals surface area contributed by atoms with Crippen LogP contribution in [0, 0.1) is 0 Å². The number of β-amino-alcohol motifs (C(OH)–C–C–N with tert-alkyl or cyclic N) is 1. The fraction of sp³-hybridized carbons (Fsp3) is 0.429. The van der Waals surface area contributed by atoms with Gasteiger partial charge >= 0.3 is 0 Å². The third kappa shape index (κ3) is 2.92. The molecule has 3 N–H and O–H groups in total. The van der Waals surface area contributed by atoms with Gasteiger partial charge in [-0.1, -0.05) is 0 Å². The van der Waals surface area contributed by atoms with Crippen molar-refractivity contribution in [3.63, 3.8) is 0 Å². The summed E-state index contributed by atoms with van der Waals surface area (Å²) in [5.74, 6) is -0.0858. The van der Waals surface area contributed by atoms with Gasteiger partial charge in [0.15, 0.2) is 11.5 Å². The molecule has 1 fully saturated rings. The molecule has 1 aliphatic heterocycles. The molecular weight excluding hydrogens is 276 g/mol. The molecule has 2 rings (SSSR count). The molecule has 0 aromatic heterocycles. The van der Waals surface area contributed by atoms with Crippen LogP contribution in [0.15, 0.2) is 18.2 Å². The van der Waals surface area contributed by atoms with E-state index in [1.165, 1.54) is 25.2 Å². The molecule has 1 saturated heterocycles. The van der Waals surface area contributed by atoms with Gasteiger partial charge in [-0.15, -0.1) is 0 Å². The minimum atomic E-state index is -0.791. The summed E-state index contributed by atoms with van der Waals surface area (Å²) in [4.78, 5) is 25.2. The van der Waals surface area contributed by atoms with Gasteiger partial charge in [0.25, 0.3) is 5.91 Å². The first-order valence-corrected chi connectivity index (χ1v) is 6.48. The lowest BCUT2D eigenvalue weighted by Gasteiger charge is -2.22. The zero-order chi connectivity index (χ0) is 15.6. The molecule has 0 aliphatic carbocycles. The number of rotatable bonds is 4. The van der Waals surface area contributed by atoms with Crippen LogP contribution >= 0.6 is 0 Å². The number of ether oxygens (including phenoxy) is 2. The van der Waals surface area contributed by atoms with E-state index >= 15 is 0 Å². The molecule has 7 nitrogen and oxygen atoms in total. The molecule has 0 spiro atoms. The van der Waals surface area contributed by atoms with E-state index in [4.69, 9.17) is 15.2 Å². The zero-order valence-corrected chi connectivity index (χ0v) is 11.9. The van der Waals surface area contributed by atoms with Crippen molar-refractivity contribution in [1.29, 1.82) is 0 Å². The number of aliphatic hydroxyl groups excluding tert-OH is 1. The number of methoxy groups -OCH3 is 2. The molecule has 114 valence electrons. The van der Waals surface area contributed by atoms with E-state index in [9.17, 15) is 14.7 Å². The number of hydrogen-bond acceptors (Lipinski definition) is 5. The van der Waals surface area contributed by atoms with Crippen LogP contribution in [-0.4, -0.2) is 54.7 Å². The van der Waals surface area contributed by atoms with Crippen LogP contribution in [0.2, 0.25) is 0 Å². The number of primary amides is 1. The van der Waals surface area contributed by atoms with E-state index in [2.05, 4.69) is 0 Å². The van der Waals surface area contributed by atoms with Gasteiger partial charge in [0.1, 0.15) is 6.04 Å². The highest BCUT2D eigenvalue weighted by Gasteiger charge is 2.38. The molecule has 7 heteroatoms. The lowest BCUT2D eigenvalue weighted by atomic mass is 10.1. The Hall–Kier alpha value is -2.28. The molecule has 1 heterocycles. The Morgan fingerprint density at radius 3 is 2.52 bits per heavy atom. The third-order valence-corrected chi connectivity index (χ3v) is 3.50. The molecule has 0 saturated carbocycles. The Kier molecular flexibility index (Phi) is 4.32. The average Bonchev–Trinajstić information content (AvgIpc) is 2.88. The van der Waals surface area contributed by atoms with E-state index in [1.807, 2.05) is 0 Å². The topological polar surface area (TPSA) is 102 Å². The van der Waals surface area contributed by atoms with Crippen molar-refractivity contribution in [3.8, 4) is 11.5 Å². The van der Waals surface area contributed by atoms with Gasteiger partial charge in [0.2, 0.25) is 5.91 Å². The Morgan fingerprint density at radius 2 is 1.95 bits per heavy atom. The number of carbonyl (C=O) groups is 2. The van der Waals surface area contributed by atoms with Crippen LogP contribution in [0.5, 0.6) is 11.5 Å². The van der Waals surface area contributed by atoms with Gasteiger partial charge in [-0.2, -0.15) is 0 Å². The molecule has 2 atom stereocenters. The summed E-state index contributed by atoms with van der Waals surface area (Å²) in [7, 11) is 2.97. The van der Waals surface area contributed by atoms with E-state index in [-0.39, 0.29) is 18.9 Å². The van der Waals surface area contributed by atoms with Gasteiger partial charge in [0.05, 0.1) is 20.3 Å². The number of benzene rings is 1. The number of carbonyl (C=O) groups excluding carboxylic acids is 2. The number of nitrogens with zero attached hydrogens (tertiary/aromatic N) is 1. The Morgan fingerprint density at radius 1 is 1.29 bits per heavy atom. The molecule has 0 bridgehead atoms. The largest absolute Gasteiger partial charge is 0.493 e. The summed E-state index contributed by atoms with van der Waals surface area (Å²) in [5, 5.41) is 9.65. The molecule has 2 amide bonds. The fourth-order valence-electron chi connectivity index (χ4n) is 2.44. The number of likely N-dealkylation sites (tertiary alicyclic amines) is 1. The smallest absolute Gasteiger partial charge is 0.254 e. The molecule has 1 unspecified atom stereocenters. The van der Waals surface area contributed by atoms with Crippen molar-refractivity contribution in [3.05, 3.63) is 23.8 Å². The highest BCUT2D eigenvalue weighted by atomic mass is 16.5. The minimum absolute atomic E-state index is 0.0841. The van der Waals surface area contributed by atoms with Crippen molar-refractivity contribution in [2.24, 2.45) is 5.73 Å². The van der Waals surface area contributed by atoms with Crippen molar-refractivity contribution in [2.75, 3.05) is 20.8 Å². The third-order valence-electron chi connectivity index (χ3n) is 3.50. The number of amides is 2. The Balaban J connectivity index is 2.29. The molecule has 0 radical (unpaired) electrons. The zero-order valence-electron chi connectivity index (χ0n) is 11.9. The average molecular weight is 294 g/mol. The molecule has 21 heavy (non-hydrogen) atoms. The first kappa shape index (κ1) is 15.1. The van der Waals surface area contributed by atoms with Gasteiger partial charge < -0.3 is 25.2 Å². The molecule has 1 aromatic rings. The standard InChI is InChI=1S/C14H18N2O5/c1-20-11-4-3-8(5-12(11)21-2)14(19)16-7-9(17)6-10(16)13(15)18/h3-5,9-10,17H,6-7H2,1-2H3,(H2,15,18)/t9-,10?/m1/s1. The fourth-order valence-corrected chi connectivity index (χ4v) is 2.44. The quantitative estimate of drug-likeness (QED) is 0.798. The second-order valence-corrected chi connectivity index (χ2v) is 4.83. The Bertz CT molecular complexity index is 560.